The van der Waals surface area contributed by atoms with E-state index in [1.54, 1.807) is 0 Å². The Morgan fingerprint density at radius 2 is 1.12 bits per heavy atom. The number of carbonyl (C=O) groups is 4. The molecule has 0 bridgehead atoms. The Morgan fingerprint density at radius 1 is 0.667 bits per heavy atom. The van der Waals surface area contributed by atoms with Crippen molar-refractivity contribution in [3.05, 3.63) is 71.8 Å². The zero-order chi connectivity index (χ0) is 30.2. The van der Waals surface area contributed by atoms with Gasteiger partial charge in [0, 0.05) is 53.9 Å². The van der Waals surface area contributed by atoms with Crippen molar-refractivity contribution < 1.29 is 42.9 Å². The van der Waals surface area contributed by atoms with Crippen LogP contribution in [0.2, 0.25) is 0 Å². The molecule has 5 atom stereocenters. The smallest absolute Gasteiger partial charge is 0.303 e. The monoisotopic (exact) mass is 582 g/mol. The van der Waals surface area contributed by atoms with Gasteiger partial charge < -0.3 is 23.7 Å². The second-order valence-electron chi connectivity index (χ2n) is 10.5. The molecule has 2 saturated heterocycles. The summed E-state index contributed by atoms with van der Waals surface area (Å²) in [5.74, 6) is -2.49. The van der Waals surface area contributed by atoms with E-state index >= 15 is 0 Å². The molecule has 2 aromatic rings. The average Bonchev–Trinajstić information content (AvgIpc) is 3.31. The number of hydrogen-bond acceptors (Lipinski definition) is 11. The van der Waals surface area contributed by atoms with Crippen molar-refractivity contribution in [2.45, 2.75) is 77.5 Å². The van der Waals surface area contributed by atoms with Crippen LogP contribution < -0.4 is 0 Å². The van der Waals surface area contributed by atoms with Crippen molar-refractivity contribution >= 4 is 23.9 Å². The molecule has 11 heteroatoms. The van der Waals surface area contributed by atoms with Crippen LogP contribution in [-0.4, -0.2) is 90.1 Å². The molecule has 4 rings (SSSR count). The van der Waals surface area contributed by atoms with E-state index in [4.69, 9.17) is 23.7 Å². The van der Waals surface area contributed by atoms with Crippen LogP contribution in [0.1, 0.15) is 38.8 Å². The molecule has 2 fully saturated rings. The Morgan fingerprint density at radius 3 is 1.57 bits per heavy atom. The first kappa shape index (κ1) is 31.1. The van der Waals surface area contributed by atoms with Crippen molar-refractivity contribution in [1.82, 2.24) is 9.80 Å². The number of nitrogens with zero attached hydrogens (tertiary/aromatic N) is 2. The van der Waals surface area contributed by atoms with Gasteiger partial charge in [-0.15, -0.1) is 0 Å². The molecule has 0 aliphatic carbocycles. The molecule has 226 valence electrons. The van der Waals surface area contributed by atoms with Gasteiger partial charge in [-0.2, -0.15) is 0 Å². The first-order valence-electron chi connectivity index (χ1n) is 14.0. The van der Waals surface area contributed by atoms with E-state index in [-0.39, 0.29) is 6.61 Å². The van der Waals surface area contributed by atoms with Gasteiger partial charge in [-0.3, -0.25) is 29.0 Å². The molecular formula is C31H38N2O9. The highest BCUT2D eigenvalue weighted by atomic mass is 16.7. The molecule has 0 saturated carbocycles. The molecule has 2 heterocycles. The van der Waals surface area contributed by atoms with Gasteiger partial charge in [0.1, 0.15) is 18.8 Å². The van der Waals surface area contributed by atoms with Gasteiger partial charge in [0.2, 0.25) is 0 Å². The Kier molecular flexibility index (Phi) is 10.7. The molecule has 0 N–H and O–H groups in total. The van der Waals surface area contributed by atoms with Crippen molar-refractivity contribution in [3.63, 3.8) is 0 Å². The third kappa shape index (κ3) is 8.15. The highest BCUT2D eigenvalue weighted by Gasteiger charge is 2.56. The standard InChI is InChI=1S/C31H38N2O9/c1-20(34)38-19-26-27(39-21(2)35)28(40-22(3)36)29(41-23(4)37)30(42-26)31-32(17-24-11-7-5-8-12-24)15-16-33(31)18-25-13-9-6-10-14-25/h5-14,26-31H,15-19H2,1-4H3/t26-,27-,28+,29+,30-/m1/s1. The van der Waals surface area contributed by atoms with Gasteiger partial charge in [-0.25, -0.2) is 0 Å². The Hall–Kier alpha value is -3.80. The lowest BCUT2D eigenvalue weighted by molar-refractivity contribution is -0.267. The first-order chi connectivity index (χ1) is 20.1. The summed E-state index contributed by atoms with van der Waals surface area (Å²) in [5, 5.41) is 0. The fourth-order valence-electron chi connectivity index (χ4n) is 5.65. The van der Waals surface area contributed by atoms with Crippen molar-refractivity contribution in [2.75, 3.05) is 19.7 Å². The number of ether oxygens (including phenoxy) is 5. The lowest BCUT2D eigenvalue weighted by atomic mass is 9.91. The summed E-state index contributed by atoms with van der Waals surface area (Å²) in [6.07, 6.45) is -5.88. The van der Waals surface area contributed by atoms with E-state index in [0.29, 0.717) is 26.2 Å². The van der Waals surface area contributed by atoms with Gasteiger partial charge >= 0.3 is 23.9 Å². The largest absolute Gasteiger partial charge is 0.463 e. The van der Waals surface area contributed by atoms with Crippen molar-refractivity contribution in [3.8, 4) is 0 Å². The predicted octanol–water partition coefficient (Wildman–Crippen LogP) is 2.46. The topological polar surface area (TPSA) is 121 Å². The van der Waals surface area contributed by atoms with Gasteiger partial charge in [0.15, 0.2) is 18.3 Å². The van der Waals surface area contributed by atoms with Crippen LogP contribution in [0.3, 0.4) is 0 Å². The van der Waals surface area contributed by atoms with Crippen LogP contribution in [0.4, 0.5) is 0 Å². The molecule has 11 nitrogen and oxygen atoms in total. The number of rotatable bonds is 10. The Labute approximate surface area is 245 Å². The zero-order valence-electron chi connectivity index (χ0n) is 24.3. The fourth-order valence-corrected chi connectivity index (χ4v) is 5.65. The van der Waals surface area contributed by atoms with E-state index in [2.05, 4.69) is 9.80 Å². The minimum Gasteiger partial charge on any atom is -0.463 e. The maximum atomic E-state index is 12.5. The molecule has 2 aliphatic rings. The maximum Gasteiger partial charge on any atom is 0.303 e. The minimum atomic E-state index is -1.22. The summed E-state index contributed by atoms with van der Waals surface area (Å²) in [7, 11) is 0. The maximum absolute atomic E-state index is 12.5. The molecular weight excluding hydrogens is 544 g/mol. The lowest BCUT2D eigenvalue weighted by Gasteiger charge is -2.48. The lowest BCUT2D eigenvalue weighted by Crippen LogP contribution is -2.67. The van der Waals surface area contributed by atoms with Gasteiger partial charge in [0.25, 0.3) is 0 Å². The van der Waals surface area contributed by atoms with Crippen molar-refractivity contribution in [1.29, 1.82) is 0 Å². The molecule has 42 heavy (non-hydrogen) atoms. The van der Waals surface area contributed by atoms with Crippen molar-refractivity contribution in [2.24, 2.45) is 0 Å². The quantitative estimate of drug-likeness (QED) is 0.303. The Balaban J connectivity index is 1.78. The van der Waals surface area contributed by atoms with E-state index in [9.17, 15) is 19.2 Å². The van der Waals surface area contributed by atoms with Gasteiger partial charge in [-0.1, -0.05) is 60.7 Å². The van der Waals surface area contributed by atoms with Gasteiger partial charge in [0.05, 0.1) is 6.17 Å². The first-order valence-corrected chi connectivity index (χ1v) is 14.0. The van der Waals surface area contributed by atoms with E-state index < -0.39 is 60.6 Å². The second kappa shape index (κ2) is 14.4. The predicted molar refractivity (Wildman–Crippen MR) is 149 cm³/mol. The molecule has 0 unspecified atom stereocenters. The van der Waals surface area contributed by atoms with Crippen LogP contribution in [-0.2, 0) is 56.0 Å². The van der Waals surface area contributed by atoms with Crippen LogP contribution in [0.15, 0.2) is 60.7 Å². The van der Waals surface area contributed by atoms with Crippen LogP contribution >= 0.6 is 0 Å². The summed E-state index contributed by atoms with van der Waals surface area (Å²) in [5.41, 5.74) is 2.16. The van der Waals surface area contributed by atoms with Gasteiger partial charge in [-0.05, 0) is 11.1 Å². The Bertz CT molecular complexity index is 1180. The summed E-state index contributed by atoms with van der Waals surface area (Å²) < 4.78 is 29.0. The second-order valence-corrected chi connectivity index (χ2v) is 10.5. The highest BCUT2D eigenvalue weighted by molar-refractivity contribution is 5.68. The summed E-state index contributed by atoms with van der Waals surface area (Å²) in [6, 6.07) is 19.9. The third-order valence-electron chi connectivity index (χ3n) is 7.20. The number of carbonyl (C=O) groups excluding carboxylic acids is 4. The van der Waals surface area contributed by atoms with E-state index in [0.717, 1.165) is 11.1 Å². The third-order valence-corrected chi connectivity index (χ3v) is 7.20. The number of esters is 4. The molecule has 0 aromatic heterocycles. The molecule has 2 aliphatic heterocycles. The number of hydrogen-bond donors (Lipinski definition) is 0. The molecule has 0 amide bonds. The van der Waals surface area contributed by atoms with Crippen LogP contribution in [0.5, 0.6) is 0 Å². The SMILES string of the molecule is CC(=O)OC[C@H]1O[C@@H](C2N(Cc3ccccc3)CCN2Cc2ccccc2)[C@@H](OC(C)=O)[C@@H](OC(C)=O)[C@@H]1OC(C)=O. The molecule has 0 radical (unpaired) electrons. The van der Waals surface area contributed by atoms with Crippen LogP contribution in [0, 0.1) is 0 Å². The average molecular weight is 583 g/mol. The van der Waals surface area contributed by atoms with Crippen LogP contribution in [0.25, 0.3) is 0 Å². The zero-order valence-corrected chi connectivity index (χ0v) is 24.3. The van der Waals surface area contributed by atoms with E-state index in [1.807, 2.05) is 60.7 Å². The summed E-state index contributed by atoms with van der Waals surface area (Å²) >= 11 is 0. The normalized spacial score (nSPS) is 25.0. The number of benzene rings is 2. The summed E-state index contributed by atoms with van der Waals surface area (Å²) in [4.78, 5) is 53.2. The fraction of sp³-hybridized carbons (Fsp3) is 0.484. The van der Waals surface area contributed by atoms with E-state index in [1.165, 1.54) is 27.7 Å². The molecule has 0 spiro atoms. The minimum absolute atomic E-state index is 0.265. The molecule has 2 aromatic carbocycles. The summed E-state index contributed by atoms with van der Waals surface area (Å²) in [6.45, 7) is 7.18. The highest BCUT2D eigenvalue weighted by Crippen LogP contribution is 2.35.